The smallest absolute Gasteiger partial charge is 0.233 e. The molecule has 2 aliphatic rings. The van der Waals surface area contributed by atoms with Crippen molar-refractivity contribution in [2.75, 3.05) is 56.2 Å². The topological polar surface area (TPSA) is 61.8 Å². The Morgan fingerprint density at radius 3 is 2.43 bits per heavy atom. The lowest BCUT2D eigenvalue weighted by Gasteiger charge is -2.39. The molecule has 2 fully saturated rings. The van der Waals surface area contributed by atoms with Crippen LogP contribution in [0.4, 0.5) is 11.5 Å². The first-order valence-corrected chi connectivity index (χ1v) is 9.96. The number of piperidine rings is 1. The highest BCUT2D eigenvalue weighted by Crippen LogP contribution is 2.24. The van der Waals surface area contributed by atoms with Crippen LogP contribution in [0.5, 0.6) is 5.88 Å². The molecule has 0 radical (unpaired) electrons. The molecule has 7 heteroatoms. The van der Waals surface area contributed by atoms with Gasteiger partial charge in [-0.1, -0.05) is 18.2 Å². The lowest BCUT2D eigenvalue weighted by atomic mass is 9.96. The van der Waals surface area contributed by atoms with E-state index in [1.54, 1.807) is 7.11 Å². The number of para-hydroxylation sites is 1. The number of anilines is 2. The van der Waals surface area contributed by atoms with Gasteiger partial charge in [-0.2, -0.15) is 0 Å². The molecule has 28 heavy (non-hydrogen) atoms. The van der Waals surface area contributed by atoms with Crippen molar-refractivity contribution in [3.63, 3.8) is 0 Å². The molecule has 1 amide bonds. The molecule has 7 nitrogen and oxygen atoms in total. The van der Waals surface area contributed by atoms with Crippen LogP contribution in [-0.4, -0.2) is 67.4 Å². The number of ether oxygens (including phenoxy) is 1. The third-order valence-corrected chi connectivity index (χ3v) is 5.64. The first-order chi connectivity index (χ1) is 13.7. The summed E-state index contributed by atoms with van der Waals surface area (Å²) in [7, 11) is 1.58. The molecule has 4 rings (SSSR count). The quantitative estimate of drug-likeness (QED) is 0.808. The number of rotatable bonds is 4. The molecule has 0 N–H and O–H groups in total. The van der Waals surface area contributed by atoms with Gasteiger partial charge in [0.15, 0.2) is 5.82 Å². The zero-order valence-corrected chi connectivity index (χ0v) is 16.3. The summed E-state index contributed by atoms with van der Waals surface area (Å²) in [6, 6.07) is 14.1. The molecular formula is C21H27N5O2. The second-order valence-corrected chi connectivity index (χ2v) is 7.37. The molecule has 1 atom stereocenters. The van der Waals surface area contributed by atoms with Crippen LogP contribution < -0.4 is 14.5 Å². The standard InChI is InChI=1S/C21H27N5O2/c1-28-20-10-9-19(22-23-20)26-11-5-6-17(16-26)21(27)25-14-12-24(13-15-25)18-7-3-2-4-8-18/h2-4,7-10,17H,5-6,11-16H2,1H3. The summed E-state index contributed by atoms with van der Waals surface area (Å²) in [6.07, 6.45) is 1.94. The first-order valence-electron chi connectivity index (χ1n) is 9.96. The number of piperazine rings is 1. The van der Waals surface area contributed by atoms with Gasteiger partial charge in [0.2, 0.25) is 11.8 Å². The van der Waals surface area contributed by atoms with Crippen LogP contribution in [0.1, 0.15) is 12.8 Å². The predicted molar refractivity (Wildman–Crippen MR) is 109 cm³/mol. The molecule has 0 bridgehead atoms. The summed E-state index contributed by atoms with van der Waals surface area (Å²) in [6.45, 7) is 4.96. The lowest BCUT2D eigenvalue weighted by molar-refractivity contribution is -0.136. The van der Waals surface area contributed by atoms with E-state index < -0.39 is 0 Å². The van der Waals surface area contributed by atoms with E-state index in [0.717, 1.165) is 51.4 Å². The highest BCUT2D eigenvalue weighted by molar-refractivity contribution is 5.80. The van der Waals surface area contributed by atoms with Gasteiger partial charge in [0.1, 0.15) is 0 Å². The molecular weight excluding hydrogens is 354 g/mol. The number of nitrogens with zero attached hydrogens (tertiary/aromatic N) is 5. The van der Waals surface area contributed by atoms with Gasteiger partial charge in [-0.3, -0.25) is 4.79 Å². The Hall–Kier alpha value is -2.83. The van der Waals surface area contributed by atoms with Crippen LogP contribution in [0, 0.1) is 5.92 Å². The zero-order valence-electron chi connectivity index (χ0n) is 16.3. The Kier molecular flexibility index (Phi) is 5.60. The number of benzene rings is 1. The van der Waals surface area contributed by atoms with E-state index in [1.165, 1.54) is 5.69 Å². The predicted octanol–water partition coefficient (Wildman–Crippen LogP) is 2.05. The molecule has 0 aliphatic carbocycles. The molecule has 1 aromatic heterocycles. The lowest BCUT2D eigenvalue weighted by Crippen LogP contribution is -2.52. The molecule has 3 heterocycles. The van der Waals surface area contributed by atoms with Crippen molar-refractivity contribution >= 4 is 17.4 Å². The highest BCUT2D eigenvalue weighted by Gasteiger charge is 2.31. The van der Waals surface area contributed by atoms with Gasteiger partial charge in [-0.25, -0.2) is 0 Å². The van der Waals surface area contributed by atoms with Crippen LogP contribution in [0.15, 0.2) is 42.5 Å². The molecule has 2 aliphatic heterocycles. The van der Waals surface area contributed by atoms with E-state index in [1.807, 2.05) is 23.1 Å². The number of hydrogen-bond donors (Lipinski definition) is 0. The van der Waals surface area contributed by atoms with Gasteiger partial charge in [-0.05, 0) is 31.0 Å². The highest BCUT2D eigenvalue weighted by atomic mass is 16.5. The average molecular weight is 381 g/mol. The Bertz CT molecular complexity index is 775. The van der Waals surface area contributed by atoms with Crippen molar-refractivity contribution in [2.45, 2.75) is 12.8 Å². The summed E-state index contributed by atoms with van der Waals surface area (Å²) in [5.74, 6) is 1.62. The molecule has 0 saturated carbocycles. The minimum atomic E-state index is 0.0286. The van der Waals surface area contributed by atoms with E-state index in [0.29, 0.717) is 12.4 Å². The van der Waals surface area contributed by atoms with E-state index >= 15 is 0 Å². The van der Waals surface area contributed by atoms with Gasteiger partial charge in [0.05, 0.1) is 13.0 Å². The van der Waals surface area contributed by atoms with Crippen molar-refractivity contribution < 1.29 is 9.53 Å². The Balaban J connectivity index is 1.34. The Labute approximate surface area is 165 Å². The molecule has 0 spiro atoms. The maximum atomic E-state index is 13.1. The number of amides is 1. The average Bonchev–Trinajstić information content (AvgIpc) is 2.79. The van der Waals surface area contributed by atoms with Crippen LogP contribution in [0.3, 0.4) is 0 Å². The summed E-state index contributed by atoms with van der Waals surface area (Å²) in [5.41, 5.74) is 1.23. The van der Waals surface area contributed by atoms with E-state index in [9.17, 15) is 4.79 Å². The van der Waals surface area contributed by atoms with Crippen LogP contribution in [0.25, 0.3) is 0 Å². The van der Waals surface area contributed by atoms with Gasteiger partial charge in [0.25, 0.3) is 0 Å². The second kappa shape index (κ2) is 8.46. The first kappa shape index (κ1) is 18.5. The van der Waals surface area contributed by atoms with Gasteiger partial charge < -0.3 is 19.4 Å². The van der Waals surface area contributed by atoms with E-state index in [2.05, 4.69) is 44.3 Å². The van der Waals surface area contributed by atoms with Crippen molar-refractivity contribution in [2.24, 2.45) is 5.92 Å². The SMILES string of the molecule is COc1ccc(N2CCCC(C(=O)N3CCN(c4ccccc4)CC3)C2)nn1. The van der Waals surface area contributed by atoms with Crippen molar-refractivity contribution in [1.29, 1.82) is 0 Å². The second-order valence-electron chi connectivity index (χ2n) is 7.37. The van der Waals surface area contributed by atoms with Gasteiger partial charge in [-0.15, -0.1) is 10.2 Å². The summed E-state index contributed by atoms with van der Waals surface area (Å²) in [5, 5.41) is 8.30. The minimum Gasteiger partial charge on any atom is -0.480 e. The van der Waals surface area contributed by atoms with Crippen LogP contribution in [-0.2, 0) is 4.79 Å². The van der Waals surface area contributed by atoms with Crippen molar-refractivity contribution in [3.05, 3.63) is 42.5 Å². The molecule has 1 aromatic carbocycles. The maximum Gasteiger partial charge on any atom is 0.233 e. The zero-order chi connectivity index (χ0) is 19.3. The Morgan fingerprint density at radius 2 is 1.75 bits per heavy atom. The normalized spacial score (nSPS) is 20.2. The largest absolute Gasteiger partial charge is 0.480 e. The van der Waals surface area contributed by atoms with Crippen LogP contribution in [0.2, 0.25) is 0 Å². The third kappa shape index (κ3) is 4.03. The van der Waals surface area contributed by atoms with Crippen LogP contribution >= 0.6 is 0 Å². The molecule has 2 saturated heterocycles. The van der Waals surface area contributed by atoms with Gasteiger partial charge in [0, 0.05) is 51.0 Å². The van der Waals surface area contributed by atoms with E-state index in [4.69, 9.17) is 4.74 Å². The van der Waals surface area contributed by atoms with Crippen molar-refractivity contribution in [1.82, 2.24) is 15.1 Å². The minimum absolute atomic E-state index is 0.0286. The van der Waals surface area contributed by atoms with Crippen molar-refractivity contribution in [3.8, 4) is 5.88 Å². The molecule has 1 unspecified atom stereocenters. The number of carbonyl (C=O) groups excluding carboxylic acids is 1. The fourth-order valence-electron chi connectivity index (χ4n) is 4.06. The third-order valence-electron chi connectivity index (χ3n) is 5.64. The number of aromatic nitrogens is 2. The number of hydrogen-bond acceptors (Lipinski definition) is 6. The fourth-order valence-corrected chi connectivity index (χ4v) is 4.06. The summed E-state index contributed by atoms with van der Waals surface area (Å²) < 4.78 is 5.08. The monoisotopic (exact) mass is 381 g/mol. The van der Waals surface area contributed by atoms with Gasteiger partial charge >= 0.3 is 0 Å². The van der Waals surface area contributed by atoms with E-state index in [-0.39, 0.29) is 11.8 Å². The fraction of sp³-hybridized carbons (Fsp3) is 0.476. The maximum absolute atomic E-state index is 13.1. The number of methoxy groups -OCH3 is 1. The summed E-state index contributed by atoms with van der Waals surface area (Å²) in [4.78, 5) is 19.6. The Morgan fingerprint density at radius 1 is 0.964 bits per heavy atom. The molecule has 2 aromatic rings. The molecule has 148 valence electrons. The summed E-state index contributed by atoms with van der Waals surface area (Å²) >= 11 is 0. The number of carbonyl (C=O) groups is 1.